The molecule has 0 unspecified atom stereocenters. The number of nitrogens with zero attached hydrogens (tertiary/aromatic N) is 3. The van der Waals surface area contributed by atoms with Crippen LogP contribution in [0.5, 0.6) is 5.75 Å². The molecule has 0 atom stereocenters. The number of hydrogen-bond acceptors (Lipinski definition) is 5. The van der Waals surface area contributed by atoms with E-state index in [1.165, 1.54) is 12.1 Å². The summed E-state index contributed by atoms with van der Waals surface area (Å²) in [5, 5.41) is 3.04. The van der Waals surface area contributed by atoms with Crippen LogP contribution in [0.25, 0.3) is 21.3 Å². The Kier molecular flexibility index (Phi) is 4.73. The van der Waals surface area contributed by atoms with Crippen molar-refractivity contribution in [1.29, 1.82) is 0 Å². The molecular weight excluding hydrogens is 361 g/mol. The number of aromatic nitrogens is 2. The molecule has 2 aromatic heterocycles. The van der Waals surface area contributed by atoms with Gasteiger partial charge >= 0.3 is 0 Å². The van der Waals surface area contributed by atoms with E-state index in [0.717, 1.165) is 38.5 Å². The van der Waals surface area contributed by atoms with Crippen LogP contribution < -0.4 is 9.64 Å². The van der Waals surface area contributed by atoms with Crippen LogP contribution in [-0.2, 0) is 6.54 Å². The fourth-order valence-corrected chi connectivity index (χ4v) is 4.02. The molecule has 2 heterocycles. The lowest BCUT2D eigenvalue weighted by Gasteiger charge is -2.20. The third-order valence-corrected chi connectivity index (χ3v) is 5.31. The van der Waals surface area contributed by atoms with Crippen LogP contribution in [-0.4, -0.2) is 24.1 Å². The van der Waals surface area contributed by atoms with Gasteiger partial charge in [0.2, 0.25) is 0 Å². The van der Waals surface area contributed by atoms with Crippen molar-refractivity contribution >= 4 is 27.4 Å². The number of thiophene rings is 1. The van der Waals surface area contributed by atoms with E-state index in [1.54, 1.807) is 36.9 Å². The molecule has 0 amide bonds. The molecule has 0 spiro atoms. The molecule has 0 fully saturated rings. The second-order valence-corrected chi connectivity index (χ2v) is 7.10. The highest BCUT2D eigenvalue weighted by atomic mass is 32.1. The summed E-state index contributed by atoms with van der Waals surface area (Å²) in [5.41, 5.74) is 3.10. The van der Waals surface area contributed by atoms with Gasteiger partial charge in [-0.15, -0.1) is 11.3 Å². The lowest BCUT2D eigenvalue weighted by atomic mass is 10.1. The Labute approximate surface area is 160 Å². The highest BCUT2D eigenvalue weighted by Crippen LogP contribution is 2.37. The van der Waals surface area contributed by atoms with Gasteiger partial charge in [-0.05, 0) is 35.4 Å². The minimum Gasteiger partial charge on any atom is -0.497 e. The average molecular weight is 379 g/mol. The molecule has 0 bridgehead atoms. The Hall–Kier alpha value is -2.99. The second-order valence-electron chi connectivity index (χ2n) is 6.24. The Balaban J connectivity index is 1.74. The van der Waals surface area contributed by atoms with Crippen LogP contribution in [0.4, 0.5) is 10.2 Å². The van der Waals surface area contributed by atoms with E-state index in [9.17, 15) is 4.39 Å². The van der Waals surface area contributed by atoms with Crippen LogP contribution in [0.1, 0.15) is 5.56 Å². The lowest BCUT2D eigenvalue weighted by Crippen LogP contribution is -2.18. The van der Waals surface area contributed by atoms with E-state index in [0.29, 0.717) is 6.54 Å². The van der Waals surface area contributed by atoms with Gasteiger partial charge in [0.25, 0.3) is 0 Å². The smallest absolute Gasteiger partial charge is 0.141 e. The molecule has 0 radical (unpaired) electrons. The molecule has 0 aliphatic rings. The molecule has 0 aliphatic heterocycles. The lowest BCUT2D eigenvalue weighted by molar-refractivity contribution is 0.414. The normalized spacial score (nSPS) is 10.9. The Morgan fingerprint density at radius 2 is 1.93 bits per heavy atom. The standard InChI is InChI=1S/C21H18FN3OS/c1-25(11-14-4-3-5-17(10-14)26-2)20-19-18(12-27-21(19)24-13-23-20)15-6-8-16(22)9-7-15/h3-10,12-13H,11H2,1-2H3. The molecule has 4 aromatic rings. The first kappa shape index (κ1) is 17.4. The van der Waals surface area contributed by atoms with Crippen LogP contribution in [0.15, 0.2) is 60.2 Å². The summed E-state index contributed by atoms with van der Waals surface area (Å²) in [4.78, 5) is 12.0. The molecule has 4 nitrogen and oxygen atoms in total. The van der Waals surface area contributed by atoms with Gasteiger partial charge < -0.3 is 9.64 Å². The SMILES string of the molecule is COc1cccc(CN(C)c2ncnc3scc(-c4ccc(F)cc4)c23)c1. The third-order valence-electron chi connectivity index (χ3n) is 4.42. The second kappa shape index (κ2) is 7.32. The topological polar surface area (TPSA) is 38.2 Å². The summed E-state index contributed by atoms with van der Waals surface area (Å²) >= 11 is 1.57. The third kappa shape index (κ3) is 3.48. The van der Waals surface area contributed by atoms with Gasteiger partial charge in [0.05, 0.1) is 12.5 Å². The van der Waals surface area contributed by atoms with Crippen molar-refractivity contribution < 1.29 is 9.13 Å². The number of halogens is 1. The van der Waals surface area contributed by atoms with E-state index in [2.05, 4.69) is 26.3 Å². The van der Waals surface area contributed by atoms with E-state index in [-0.39, 0.29) is 5.82 Å². The summed E-state index contributed by atoms with van der Waals surface area (Å²) in [6.07, 6.45) is 1.59. The summed E-state index contributed by atoms with van der Waals surface area (Å²) in [6, 6.07) is 14.5. The minimum absolute atomic E-state index is 0.245. The van der Waals surface area contributed by atoms with Crippen LogP contribution >= 0.6 is 11.3 Å². The minimum atomic E-state index is -0.245. The molecule has 0 saturated heterocycles. The largest absolute Gasteiger partial charge is 0.497 e. The maximum atomic E-state index is 13.3. The van der Waals surface area contributed by atoms with Gasteiger partial charge in [-0.1, -0.05) is 24.3 Å². The van der Waals surface area contributed by atoms with Crippen LogP contribution in [0.2, 0.25) is 0 Å². The first-order valence-electron chi connectivity index (χ1n) is 8.48. The van der Waals surface area contributed by atoms with Crippen molar-refractivity contribution in [2.45, 2.75) is 6.54 Å². The first-order valence-corrected chi connectivity index (χ1v) is 9.36. The number of hydrogen-bond donors (Lipinski definition) is 0. The molecule has 0 saturated carbocycles. The predicted octanol–water partition coefficient (Wildman–Crippen LogP) is 5.14. The highest BCUT2D eigenvalue weighted by Gasteiger charge is 2.16. The number of rotatable bonds is 5. The van der Waals surface area contributed by atoms with Gasteiger partial charge in [0, 0.05) is 24.5 Å². The van der Waals surface area contributed by atoms with Crippen molar-refractivity contribution in [3.05, 3.63) is 71.6 Å². The molecule has 136 valence electrons. The van der Waals surface area contributed by atoms with Gasteiger partial charge in [0.1, 0.15) is 28.5 Å². The summed E-state index contributed by atoms with van der Waals surface area (Å²) in [7, 11) is 3.67. The fourth-order valence-electron chi connectivity index (χ4n) is 3.11. The molecule has 0 N–H and O–H groups in total. The summed E-state index contributed by atoms with van der Waals surface area (Å²) in [6.45, 7) is 0.683. The zero-order valence-corrected chi connectivity index (χ0v) is 15.8. The molecule has 27 heavy (non-hydrogen) atoms. The Morgan fingerprint density at radius 3 is 2.70 bits per heavy atom. The van der Waals surface area contributed by atoms with Gasteiger partial charge in [0.15, 0.2) is 0 Å². The summed E-state index contributed by atoms with van der Waals surface area (Å²) in [5.74, 6) is 1.43. The zero-order chi connectivity index (χ0) is 18.8. The van der Waals surface area contributed by atoms with Crippen molar-refractivity contribution in [3.63, 3.8) is 0 Å². The molecular formula is C21H18FN3OS. The van der Waals surface area contributed by atoms with E-state index >= 15 is 0 Å². The Morgan fingerprint density at radius 1 is 1.11 bits per heavy atom. The van der Waals surface area contributed by atoms with Gasteiger partial charge in [-0.25, -0.2) is 14.4 Å². The fraction of sp³-hybridized carbons (Fsp3) is 0.143. The highest BCUT2D eigenvalue weighted by molar-refractivity contribution is 7.17. The van der Waals surface area contributed by atoms with E-state index in [1.807, 2.05) is 25.2 Å². The van der Waals surface area contributed by atoms with Crippen molar-refractivity contribution in [3.8, 4) is 16.9 Å². The molecule has 2 aromatic carbocycles. The predicted molar refractivity (Wildman–Crippen MR) is 108 cm³/mol. The Bertz CT molecular complexity index is 1080. The molecule has 4 rings (SSSR count). The van der Waals surface area contributed by atoms with Gasteiger partial charge in [-0.3, -0.25) is 0 Å². The van der Waals surface area contributed by atoms with Crippen LogP contribution in [0, 0.1) is 5.82 Å². The maximum absolute atomic E-state index is 13.3. The number of fused-ring (bicyclic) bond motifs is 1. The molecule has 0 aliphatic carbocycles. The van der Waals surface area contributed by atoms with Crippen LogP contribution in [0.3, 0.4) is 0 Å². The van der Waals surface area contributed by atoms with E-state index in [4.69, 9.17) is 4.74 Å². The zero-order valence-electron chi connectivity index (χ0n) is 15.0. The first-order chi connectivity index (χ1) is 13.2. The summed E-state index contributed by atoms with van der Waals surface area (Å²) < 4.78 is 18.6. The number of methoxy groups -OCH3 is 1. The number of anilines is 1. The van der Waals surface area contributed by atoms with Crippen molar-refractivity contribution in [2.75, 3.05) is 19.1 Å². The van der Waals surface area contributed by atoms with Crippen molar-refractivity contribution in [2.24, 2.45) is 0 Å². The molecule has 6 heteroatoms. The average Bonchev–Trinajstić information content (AvgIpc) is 3.13. The quantitative estimate of drug-likeness (QED) is 0.481. The van der Waals surface area contributed by atoms with Crippen molar-refractivity contribution in [1.82, 2.24) is 9.97 Å². The maximum Gasteiger partial charge on any atom is 0.141 e. The number of ether oxygens (including phenoxy) is 1. The monoisotopic (exact) mass is 379 g/mol. The number of benzene rings is 2. The van der Waals surface area contributed by atoms with E-state index < -0.39 is 0 Å². The van der Waals surface area contributed by atoms with Gasteiger partial charge in [-0.2, -0.15) is 0 Å².